The van der Waals surface area contributed by atoms with Crippen LogP contribution < -0.4 is 14.2 Å². The number of nitrogens with zero attached hydrogens (tertiary/aromatic N) is 4. The van der Waals surface area contributed by atoms with Gasteiger partial charge in [-0.25, -0.2) is 8.42 Å². The van der Waals surface area contributed by atoms with Crippen molar-refractivity contribution in [1.82, 2.24) is 20.2 Å². The zero-order valence-corrected chi connectivity index (χ0v) is 15.7. The van der Waals surface area contributed by atoms with Gasteiger partial charge in [0, 0.05) is 6.07 Å². The average molecular weight is 387 g/mol. The summed E-state index contributed by atoms with van der Waals surface area (Å²) < 4.78 is 40.9. The van der Waals surface area contributed by atoms with E-state index >= 15 is 0 Å². The van der Waals surface area contributed by atoms with E-state index in [9.17, 15) is 8.42 Å². The zero-order valence-electron chi connectivity index (χ0n) is 14.9. The standard InChI is InChI=1S/C17H17N5O4S/c1-10-6-11(2)17(12(3)16(10)22-8-18-20-21-22)27(23,24)19-13-4-5-14-15(7-13)26-9-25-14/h4-8,19H,9H2,1-3H3. The van der Waals surface area contributed by atoms with Crippen LogP contribution in [0.2, 0.25) is 0 Å². The highest BCUT2D eigenvalue weighted by Gasteiger charge is 2.25. The lowest BCUT2D eigenvalue weighted by Crippen LogP contribution is -2.17. The van der Waals surface area contributed by atoms with Gasteiger partial charge in [0.05, 0.1) is 16.3 Å². The maximum absolute atomic E-state index is 13.1. The summed E-state index contributed by atoms with van der Waals surface area (Å²) in [5, 5.41) is 11.2. The van der Waals surface area contributed by atoms with Crippen LogP contribution in [-0.4, -0.2) is 35.4 Å². The number of hydrogen-bond donors (Lipinski definition) is 1. The smallest absolute Gasteiger partial charge is 0.262 e. The third-order valence-electron chi connectivity index (χ3n) is 4.33. The van der Waals surface area contributed by atoms with E-state index in [1.165, 1.54) is 11.0 Å². The number of ether oxygens (including phenoxy) is 2. The number of aryl methyl sites for hydroxylation is 2. The molecule has 0 bridgehead atoms. The van der Waals surface area contributed by atoms with Gasteiger partial charge in [-0.05, 0) is 60.0 Å². The van der Waals surface area contributed by atoms with Crippen LogP contribution in [0.1, 0.15) is 16.7 Å². The highest BCUT2D eigenvalue weighted by molar-refractivity contribution is 7.92. The van der Waals surface area contributed by atoms with Crippen molar-refractivity contribution < 1.29 is 17.9 Å². The van der Waals surface area contributed by atoms with Crippen molar-refractivity contribution in [2.24, 2.45) is 0 Å². The molecule has 0 saturated heterocycles. The molecule has 0 unspecified atom stereocenters. The maximum Gasteiger partial charge on any atom is 0.262 e. The number of hydrogen-bond acceptors (Lipinski definition) is 7. The summed E-state index contributed by atoms with van der Waals surface area (Å²) in [6.07, 6.45) is 1.44. The average Bonchev–Trinajstić information content (AvgIpc) is 3.24. The highest BCUT2D eigenvalue weighted by Crippen LogP contribution is 2.36. The van der Waals surface area contributed by atoms with Crippen LogP contribution in [0, 0.1) is 20.8 Å². The van der Waals surface area contributed by atoms with Gasteiger partial charge >= 0.3 is 0 Å². The Balaban J connectivity index is 1.79. The van der Waals surface area contributed by atoms with Gasteiger partial charge in [0.15, 0.2) is 11.5 Å². The van der Waals surface area contributed by atoms with Crippen LogP contribution in [-0.2, 0) is 10.0 Å². The van der Waals surface area contributed by atoms with Crippen LogP contribution in [0.4, 0.5) is 5.69 Å². The van der Waals surface area contributed by atoms with E-state index in [1.54, 1.807) is 38.1 Å². The van der Waals surface area contributed by atoms with Gasteiger partial charge < -0.3 is 9.47 Å². The predicted molar refractivity (Wildman–Crippen MR) is 96.7 cm³/mol. The minimum absolute atomic E-state index is 0.122. The molecular weight excluding hydrogens is 370 g/mol. The van der Waals surface area contributed by atoms with E-state index in [1.807, 2.05) is 6.92 Å². The van der Waals surface area contributed by atoms with E-state index < -0.39 is 10.0 Å². The number of rotatable bonds is 4. The topological polar surface area (TPSA) is 108 Å². The molecule has 4 rings (SSSR count). The maximum atomic E-state index is 13.1. The molecule has 2 aromatic carbocycles. The molecule has 1 aromatic heterocycles. The molecule has 0 saturated carbocycles. The zero-order chi connectivity index (χ0) is 19.2. The van der Waals surface area contributed by atoms with Gasteiger partial charge in [-0.1, -0.05) is 6.07 Å². The summed E-state index contributed by atoms with van der Waals surface area (Å²) in [5.74, 6) is 1.09. The van der Waals surface area contributed by atoms with Gasteiger partial charge in [-0.3, -0.25) is 4.72 Å². The lowest BCUT2D eigenvalue weighted by molar-refractivity contribution is 0.174. The molecule has 0 amide bonds. The van der Waals surface area contributed by atoms with Crippen LogP contribution in [0.15, 0.2) is 35.5 Å². The number of fused-ring (bicyclic) bond motifs is 1. The second kappa shape index (κ2) is 6.23. The Morgan fingerprint density at radius 3 is 2.59 bits per heavy atom. The monoisotopic (exact) mass is 387 g/mol. The quantitative estimate of drug-likeness (QED) is 0.730. The summed E-state index contributed by atoms with van der Waals surface area (Å²) in [4.78, 5) is 0.191. The first-order chi connectivity index (χ1) is 12.9. The molecule has 10 heteroatoms. The van der Waals surface area contributed by atoms with Crippen molar-refractivity contribution in [3.05, 3.63) is 47.3 Å². The molecule has 0 radical (unpaired) electrons. The molecule has 9 nitrogen and oxygen atoms in total. The van der Waals surface area contributed by atoms with Crippen molar-refractivity contribution in [3.8, 4) is 17.2 Å². The lowest BCUT2D eigenvalue weighted by Gasteiger charge is -2.17. The molecule has 1 aliphatic heterocycles. The van der Waals surface area contributed by atoms with E-state index in [4.69, 9.17) is 9.47 Å². The Kier molecular flexibility index (Phi) is 3.99. The van der Waals surface area contributed by atoms with Crippen molar-refractivity contribution in [2.45, 2.75) is 25.7 Å². The molecule has 0 aliphatic carbocycles. The molecule has 3 aromatic rings. The lowest BCUT2D eigenvalue weighted by atomic mass is 10.1. The summed E-state index contributed by atoms with van der Waals surface area (Å²) in [6, 6.07) is 6.70. The SMILES string of the molecule is Cc1cc(C)c(S(=O)(=O)Nc2ccc3c(c2)OCO3)c(C)c1-n1cnnn1. The fourth-order valence-electron chi connectivity index (χ4n) is 3.35. The summed E-state index contributed by atoms with van der Waals surface area (Å²) in [7, 11) is -3.85. The van der Waals surface area contributed by atoms with Gasteiger partial charge in [0.25, 0.3) is 10.0 Å². The van der Waals surface area contributed by atoms with E-state index in [-0.39, 0.29) is 11.7 Å². The number of sulfonamides is 1. The first kappa shape index (κ1) is 17.3. The first-order valence-electron chi connectivity index (χ1n) is 8.13. The molecule has 27 heavy (non-hydrogen) atoms. The molecule has 2 heterocycles. The van der Waals surface area contributed by atoms with E-state index in [2.05, 4.69) is 20.2 Å². The van der Waals surface area contributed by atoms with Gasteiger partial charge in [0.2, 0.25) is 6.79 Å². The van der Waals surface area contributed by atoms with Crippen LogP contribution in [0.3, 0.4) is 0 Å². The van der Waals surface area contributed by atoms with Crippen molar-refractivity contribution in [2.75, 3.05) is 11.5 Å². The number of anilines is 1. The number of nitrogens with one attached hydrogen (secondary N) is 1. The second-order valence-electron chi connectivity index (χ2n) is 6.24. The Morgan fingerprint density at radius 2 is 1.85 bits per heavy atom. The number of aromatic nitrogens is 4. The first-order valence-corrected chi connectivity index (χ1v) is 9.62. The summed E-state index contributed by atoms with van der Waals surface area (Å²) in [5.41, 5.74) is 3.10. The molecule has 0 fully saturated rings. The fraction of sp³-hybridized carbons (Fsp3) is 0.235. The van der Waals surface area contributed by atoms with Gasteiger partial charge in [-0.2, -0.15) is 4.68 Å². The molecule has 140 valence electrons. The molecule has 0 spiro atoms. The molecular formula is C17H17N5O4S. The Hall–Kier alpha value is -3.14. The van der Waals surface area contributed by atoms with Crippen LogP contribution >= 0.6 is 0 Å². The minimum Gasteiger partial charge on any atom is -0.454 e. The van der Waals surface area contributed by atoms with Crippen LogP contribution in [0.25, 0.3) is 5.69 Å². The molecule has 0 atom stereocenters. The van der Waals surface area contributed by atoms with Crippen molar-refractivity contribution in [3.63, 3.8) is 0 Å². The molecule has 1 N–H and O–H groups in total. The highest BCUT2D eigenvalue weighted by atomic mass is 32.2. The molecule has 1 aliphatic rings. The fourth-order valence-corrected chi connectivity index (χ4v) is 4.88. The Morgan fingerprint density at radius 1 is 1.07 bits per heavy atom. The van der Waals surface area contributed by atoms with E-state index in [0.29, 0.717) is 34.0 Å². The normalized spacial score (nSPS) is 13.0. The third kappa shape index (κ3) is 2.97. The number of benzene rings is 2. The Bertz CT molecular complexity index is 1130. The Labute approximate surface area is 156 Å². The predicted octanol–water partition coefficient (Wildman–Crippen LogP) is 2.12. The van der Waals surface area contributed by atoms with Crippen molar-refractivity contribution in [1.29, 1.82) is 0 Å². The third-order valence-corrected chi connectivity index (χ3v) is 6.00. The van der Waals surface area contributed by atoms with Crippen LogP contribution in [0.5, 0.6) is 11.5 Å². The van der Waals surface area contributed by atoms with Gasteiger partial charge in [-0.15, -0.1) is 5.10 Å². The van der Waals surface area contributed by atoms with Crippen molar-refractivity contribution >= 4 is 15.7 Å². The summed E-state index contributed by atoms with van der Waals surface area (Å²) in [6.45, 7) is 5.51. The number of tetrazole rings is 1. The second-order valence-corrected chi connectivity index (χ2v) is 7.86. The van der Waals surface area contributed by atoms with E-state index in [0.717, 1.165) is 5.56 Å². The minimum atomic E-state index is -3.85. The summed E-state index contributed by atoms with van der Waals surface area (Å²) >= 11 is 0. The van der Waals surface area contributed by atoms with Gasteiger partial charge in [0.1, 0.15) is 6.33 Å². The largest absolute Gasteiger partial charge is 0.454 e.